The predicted octanol–water partition coefficient (Wildman–Crippen LogP) is 2.28. The smallest absolute Gasteiger partial charge is 0.330 e. The Bertz CT molecular complexity index is 532. The summed E-state index contributed by atoms with van der Waals surface area (Å²) in [4.78, 5) is 23.4. The first-order valence-electron chi connectivity index (χ1n) is 5.54. The van der Waals surface area contributed by atoms with Gasteiger partial charge < -0.3 is 10.4 Å². The number of aliphatic carboxylic acids is 1. The first-order valence-corrected chi connectivity index (χ1v) is 7.49. The maximum atomic E-state index is 13.4. The number of carbonyl (C=O) groups excluding carboxylic acids is 1. The molecule has 1 aliphatic rings. The van der Waals surface area contributed by atoms with Gasteiger partial charge in [-0.05, 0) is 40.2 Å². The van der Waals surface area contributed by atoms with Crippen molar-refractivity contribution in [1.82, 2.24) is 5.32 Å². The molecule has 0 bridgehead atoms. The fraction of sp³-hybridized carbons (Fsp3) is 0.333. The molecule has 1 atom stereocenters. The van der Waals surface area contributed by atoms with Crippen molar-refractivity contribution >= 4 is 39.6 Å². The van der Waals surface area contributed by atoms with Gasteiger partial charge in [0.15, 0.2) is 0 Å². The average molecular weight is 348 g/mol. The van der Waals surface area contributed by atoms with Crippen molar-refractivity contribution in [3.63, 3.8) is 0 Å². The van der Waals surface area contributed by atoms with Crippen molar-refractivity contribution in [2.45, 2.75) is 12.0 Å². The van der Waals surface area contributed by atoms with Crippen LogP contribution in [0.3, 0.4) is 0 Å². The van der Waals surface area contributed by atoms with Crippen molar-refractivity contribution in [2.75, 3.05) is 11.5 Å². The number of benzene rings is 1. The molecule has 7 heteroatoms. The molecular weight excluding hydrogens is 337 g/mol. The summed E-state index contributed by atoms with van der Waals surface area (Å²) in [5, 5.41) is 11.8. The molecule has 1 amide bonds. The Balaban J connectivity index is 2.25. The van der Waals surface area contributed by atoms with Crippen LogP contribution in [0.25, 0.3) is 0 Å². The van der Waals surface area contributed by atoms with E-state index in [1.807, 2.05) is 0 Å². The van der Waals surface area contributed by atoms with Gasteiger partial charge in [-0.2, -0.15) is 11.8 Å². The van der Waals surface area contributed by atoms with E-state index in [9.17, 15) is 19.1 Å². The molecule has 0 radical (unpaired) electrons. The number of thioether (sulfide) groups is 1. The molecule has 0 saturated carbocycles. The van der Waals surface area contributed by atoms with E-state index < -0.39 is 23.2 Å². The maximum Gasteiger partial charge on any atom is 0.330 e. The van der Waals surface area contributed by atoms with Crippen LogP contribution in [-0.4, -0.2) is 34.0 Å². The van der Waals surface area contributed by atoms with E-state index in [-0.39, 0.29) is 10.0 Å². The van der Waals surface area contributed by atoms with Gasteiger partial charge >= 0.3 is 5.97 Å². The van der Waals surface area contributed by atoms with E-state index in [1.165, 1.54) is 30.0 Å². The number of nitrogens with one attached hydrogen (secondary N) is 1. The summed E-state index contributed by atoms with van der Waals surface area (Å²) in [6.45, 7) is 0. The highest BCUT2D eigenvalue weighted by molar-refractivity contribution is 9.10. The van der Waals surface area contributed by atoms with E-state index in [4.69, 9.17) is 0 Å². The molecule has 1 heterocycles. The lowest BCUT2D eigenvalue weighted by molar-refractivity contribution is -0.143. The topological polar surface area (TPSA) is 66.4 Å². The zero-order chi connectivity index (χ0) is 14.0. The molecule has 1 saturated heterocycles. The Morgan fingerprint density at radius 2 is 2.21 bits per heavy atom. The highest BCUT2D eigenvalue weighted by atomic mass is 79.9. The number of carbonyl (C=O) groups is 2. The second-order valence-corrected chi connectivity index (χ2v) is 6.14. The lowest BCUT2D eigenvalue weighted by atomic mass is 9.98. The summed E-state index contributed by atoms with van der Waals surface area (Å²) in [5.41, 5.74) is -1.16. The Kier molecular flexibility index (Phi) is 4.15. The third-order valence-corrected chi connectivity index (χ3v) is 4.98. The van der Waals surface area contributed by atoms with Gasteiger partial charge in [-0.3, -0.25) is 4.79 Å². The van der Waals surface area contributed by atoms with Crippen LogP contribution in [0.2, 0.25) is 0 Å². The monoisotopic (exact) mass is 347 g/mol. The van der Waals surface area contributed by atoms with Gasteiger partial charge in [-0.25, -0.2) is 9.18 Å². The molecule has 1 fully saturated rings. The number of carboxylic acid groups (broad SMARTS) is 1. The highest BCUT2D eigenvalue weighted by Gasteiger charge is 2.43. The van der Waals surface area contributed by atoms with Crippen LogP contribution < -0.4 is 5.32 Å². The van der Waals surface area contributed by atoms with Gasteiger partial charge in [0.05, 0.1) is 10.0 Å². The number of rotatable bonds is 3. The Morgan fingerprint density at radius 1 is 1.47 bits per heavy atom. The van der Waals surface area contributed by atoms with Crippen LogP contribution >= 0.6 is 27.7 Å². The lowest BCUT2D eigenvalue weighted by Crippen LogP contribution is -2.54. The van der Waals surface area contributed by atoms with Crippen molar-refractivity contribution < 1.29 is 19.1 Å². The molecule has 1 aliphatic heterocycles. The zero-order valence-corrected chi connectivity index (χ0v) is 12.2. The highest BCUT2D eigenvalue weighted by Crippen LogP contribution is 2.29. The van der Waals surface area contributed by atoms with E-state index in [0.29, 0.717) is 17.9 Å². The van der Waals surface area contributed by atoms with E-state index >= 15 is 0 Å². The second kappa shape index (κ2) is 5.50. The minimum Gasteiger partial charge on any atom is -0.479 e. The molecule has 19 heavy (non-hydrogen) atoms. The van der Waals surface area contributed by atoms with Crippen LogP contribution in [0.5, 0.6) is 0 Å². The first-order chi connectivity index (χ1) is 8.96. The van der Waals surface area contributed by atoms with Gasteiger partial charge in [0.1, 0.15) is 11.4 Å². The standard InChI is InChI=1S/C12H11BrFNO3S/c13-9-7(2-1-3-8(9)14)10(16)15-12(11(17)18)4-5-19-6-12/h1-3H,4-6H2,(H,15,16)(H,17,18). The molecule has 2 N–H and O–H groups in total. The summed E-state index contributed by atoms with van der Waals surface area (Å²) in [7, 11) is 0. The SMILES string of the molecule is O=C(NC1(C(=O)O)CCSC1)c1cccc(F)c1Br. The molecule has 1 aromatic carbocycles. The Morgan fingerprint density at radius 3 is 2.79 bits per heavy atom. The number of amides is 1. The van der Waals surface area contributed by atoms with Crippen molar-refractivity contribution in [3.05, 3.63) is 34.1 Å². The van der Waals surface area contributed by atoms with Crippen molar-refractivity contribution in [2.24, 2.45) is 0 Å². The molecule has 4 nitrogen and oxygen atoms in total. The minimum atomic E-state index is -1.26. The summed E-state index contributed by atoms with van der Waals surface area (Å²) in [5.74, 6) is -1.20. The largest absolute Gasteiger partial charge is 0.479 e. The second-order valence-electron chi connectivity index (χ2n) is 4.25. The Labute approximate surface area is 121 Å². The summed E-state index contributed by atoms with van der Waals surface area (Å²) in [6, 6.07) is 4.07. The van der Waals surface area contributed by atoms with Crippen LogP contribution in [0.4, 0.5) is 4.39 Å². The zero-order valence-electron chi connectivity index (χ0n) is 9.78. The fourth-order valence-corrected chi connectivity index (χ4v) is 3.62. The summed E-state index contributed by atoms with van der Waals surface area (Å²) < 4.78 is 13.4. The molecule has 1 unspecified atom stereocenters. The lowest BCUT2D eigenvalue weighted by Gasteiger charge is -2.24. The quantitative estimate of drug-likeness (QED) is 0.880. The number of hydrogen-bond acceptors (Lipinski definition) is 3. The molecule has 2 rings (SSSR count). The van der Waals surface area contributed by atoms with Crippen LogP contribution in [0.1, 0.15) is 16.8 Å². The van der Waals surface area contributed by atoms with Crippen LogP contribution in [0, 0.1) is 5.82 Å². The van der Waals surface area contributed by atoms with Gasteiger partial charge in [-0.1, -0.05) is 6.07 Å². The van der Waals surface area contributed by atoms with Crippen molar-refractivity contribution in [3.8, 4) is 0 Å². The fourth-order valence-electron chi connectivity index (χ4n) is 1.85. The summed E-state index contributed by atoms with van der Waals surface area (Å²) in [6.07, 6.45) is 0.367. The molecule has 0 aliphatic carbocycles. The predicted molar refractivity (Wildman–Crippen MR) is 73.9 cm³/mol. The van der Waals surface area contributed by atoms with E-state index in [1.54, 1.807) is 0 Å². The first kappa shape index (κ1) is 14.3. The molecule has 0 spiro atoms. The van der Waals surface area contributed by atoms with Gasteiger partial charge in [0.2, 0.25) is 0 Å². The number of hydrogen-bond donors (Lipinski definition) is 2. The number of halogens is 2. The molecule has 1 aromatic rings. The van der Waals surface area contributed by atoms with Gasteiger partial charge in [0, 0.05) is 5.75 Å². The third kappa shape index (κ3) is 2.76. The normalized spacial score (nSPS) is 22.2. The minimum absolute atomic E-state index is 0.0405. The summed E-state index contributed by atoms with van der Waals surface area (Å²) >= 11 is 4.47. The van der Waals surface area contributed by atoms with E-state index in [2.05, 4.69) is 21.2 Å². The molecule has 0 aromatic heterocycles. The number of carboxylic acids is 1. The van der Waals surface area contributed by atoms with Gasteiger partial charge in [0.25, 0.3) is 5.91 Å². The van der Waals surface area contributed by atoms with E-state index in [0.717, 1.165) is 0 Å². The van der Waals surface area contributed by atoms with Crippen LogP contribution in [-0.2, 0) is 4.79 Å². The van der Waals surface area contributed by atoms with Crippen LogP contribution in [0.15, 0.2) is 22.7 Å². The third-order valence-electron chi connectivity index (χ3n) is 2.98. The van der Waals surface area contributed by atoms with Crippen molar-refractivity contribution in [1.29, 1.82) is 0 Å². The molecule has 102 valence electrons. The maximum absolute atomic E-state index is 13.4. The molecular formula is C12H11BrFNO3S. The van der Waals surface area contributed by atoms with Gasteiger partial charge in [-0.15, -0.1) is 0 Å². The average Bonchev–Trinajstić information content (AvgIpc) is 2.82. The Hall–Kier alpha value is -1.08.